The van der Waals surface area contributed by atoms with Crippen LogP contribution < -0.4 is 0 Å². The molecule has 118 valence electrons. The van der Waals surface area contributed by atoms with E-state index in [1.165, 1.54) is 0 Å². The fraction of sp³-hybridized carbons (Fsp3) is 0.0952. The molecule has 24 heavy (non-hydrogen) atoms. The van der Waals surface area contributed by atoms with E-state index in [0.29, 0.717) is 5.90 Å². The number of nitrogens with zero attached hydrogens (tertiary/aromatic N) is 1. The van der Waals surface area contributed by atoms with Crippen molar-refractivity contribution < 1.29 is 4.74 Å². The number of rotatable bonds is 2. The van der Waals surface area contributed by atoms with Crippen molar-refractivity contribution in [3.63, 3.8) is 0 Å². The molecule has 0 saturated carbocycles. The number of halogens is 1. The molecule has 3 aromatic rings. The Kier molecular flexibility index (Phi) is 3.73. The van der Waals surface area contributed by atoms with E-state index in [1.54, 1.807) is 0 Å². The van der Waals surface area contributed by atoms with Crippen molar-refractivity contribution in [2.75, 3.05) is 0 Å². The van der Waals surface area contributed by atoms with Gasteiger partial charge in [0.25, 0.3) is 0 Å². The molecule has 1 aliphatic rings. The van der Waals surface area contributed by atoms with Crippen molar-refractivity contribution in [3.8, 4) is 0 Å². The first-order chi connectivity index (χ1) is 11.7. The molecule has 0 fully saturated rings. The van der Waals surface area contributed by atoms with E-state index in [2.05, 4.69) is 47.1 Å². The average Bonchev–Trinajstić information content (AvgIpc) is 2.92. The molecule has 0 spiro atoms. The lowest BCUT2D eigenvalue weighted by atomic mass is 9.87. The molecule has 0 aliphatic carbocycles. The van der Waals surface area contributed by atoms with Crippen molar-refractivity contribution >= 4 is 27.5 Å². The van der Waals surface area contributed by atoms with E-state index in [9.17, 15) is 0 Å². The van der Waals surface area contributed by atoms with Crippen LogP contribution in [0.1, 0.15) is 23.6 Å². The highest BCUT2D eigenvalue weighted by molar-refractivity contribution is 9.10. The standard InChI is InChI=1S/C21H16BrNO/c1-21(15-7-3-2-4-8-15)19-10-6-5-9-18(19)20(24-21)23-17-13-11-16(22)12-14-17/h2-14H,1H3. The largest absolute Gasteiger partial charge is 0.461 e. The van der Waals surface area contributed by atoms with Crippen LogP contribution in [-0.2, 0) is 10.3 Å². The zero-order valence-corrected chi connectivity index (χ0v) is 14.8. The van der Waals surface area contributed by atoms with Crippen LogP contribution in [0.4, 0.5) is 5.69 Å². The van der Waals surface area contributed by atoms with Gasteiger partial charge >= 0.3 is 0 Å². The molecule has 2 nitrogen and oxygen atoms in total. The summed E-state index contributed by atoms with van der Waals surface area (Å²) in [5, 5.41) is 0. The van der Waals surface area contributed by atoms with E-state index in [1.807, 2.05) is 54.6 Å². The van der Waals surface area contributed by atoms with Gasteiger partial charge in [0.15, 0.2) is 5.60 Å². The lowest BCUT2D eigenvalue weighted by molar-refractivity contribution is 0.135. The smallest absolute Gasteiger partial charge is 0.222 e. The van der Waals surface area contributed by atoms with Gasteiger partial charge in [-0.3, -0.25) is 0 Å². The summed E-state index contributed by atoms with van der Waals surface area (Å²) in [6.45, 7) is 2.10. The Hall–Kier alpha value is -2.39. The highest BCUT2D eigenvalue weighted by Gasteiger charge is 2.41. The highest BCUT2D eigenvalue weighted by atomic mass is 79.9. The molecule has 0 bridgehead atoms. The number of fused-ring (bicyclic) bond motifs is 1. The summed E-state index contributed by atoms with van der Waals surface area (Å²) in [6, 6.07) is 26.5. The molecule has 1 atom stereocenters. The first kappa shape index (κ1) is 15.2. The second-order valence-electron chi connectivity index (χ2n) is 5.94. The molecule has 0 saturated heterocycles. The quantitative estimate of drug-likeness (QED) is 0.551. The zero-order valence-electron chi connectivity index (χ0n) is 13.2. The Labute approximate surface area is 150 Å². The van der Waals surface area contributed by atoms with Crippen LogP contribution in [0.2, 0.25) is 0 Å². The molecule has 1 heterocycles. The maximum atomic E-state index is 6.38. The summed E-state index contributed by atoms with van der Waals surface area (Å²) in [7, 11) is 0. The van der Waals surface area contributed by atoms with Crippen molar-refractivity contribution in [2.24, 2.45) is 4.99 Å². The number of benzene rings is 3. The fourth-order valence-corrected chi connectivity index (χ4v) is 3.34. The molecule has 3 aromatic carbocycles. The van der Waals surface area contributed by atoms with E-state index in [0.717, 1.165) is 26.9 Å². The number of aliphatic imine (C=N–C) groups is 1. The molecule has 1 unspecified atom stereocenters. The maximum Gasteiger partial charge on any atom is 0.222 e. The monoisotopic (exact) mass is 377 g/mol. The summed E-state index contributed by atoms with van der Waals surface area (Å²) in [5.41, 5.74) is 3.67. The number of hydrogen-bond donors (Lipinski definition) is 0. The molecule has 3 heteroatoms. The van der Waals surface area contributed by atoms with Gasteiger partial charge in [-0.1, -0.05) is 64.5 Å². The van der Waals surface area contributed by atoms with Crippen molar-refractivity contribution in [2.45, 2.75) is 12.5 Å². The highest BCUT2D eigenvalue weighted by Crippen LogP contribution is 2.42. The SMILES string of the molecule is CC1(c2ccccc2)OC(=Nc2ccc(Br)cc2)c2ccccc21. The molecule has 0 aromatic heterocycles. The summed E-state index contributed by atoms with van der Waals surface area (Å²) in [4.78, 5) is 4.74. The minimum absolute atomic E-state index is 0.522. The number of ether oxygens (including phenoxy) is 1. The zero-order chi connectivity index (χ0) is 16.6. The molecular formula is C21H16BrNO. The molecule has 0 amide bonds. The van der Waals surface area contributed by atoms with Crippen LogP contribution in [0, 0.1) is 0 Å². The van der Waals surface area contributed by atoms with E-state index >= 15 is 0 Å². The van der Waals surface area contributed by atoms with Gasteiger partial charge in [-0.15, -0.1) is 0 Å². The summed E-state index contributed by atoms with van der Waals surface area (Å²) >= 11 is 3.45. The molecule has 4 rings (SSSR count). The lowest BCUT2D eigenvalue weighted by Gasteiger charge is -2.25. The van der Waals surface area contributed by atoms with Crippen LogP contribution in [0.25, 0.3) is 0 Å². The third kappa shape index (κ3) is 2.55. The molecule has 0 radical (unpaired) electrons. The first-order valence-corrected chi connectivity index (χ1v) is 8.65. The van der Waals surface area contributed by atoms with Gasteiger partial charge in [0.2, 0.25) is 5.90 Å². The van der Waals surface area contributed by atoms with Gasteiger partial charge in [0.05, 0.1) is 5.69 Å². The van der Waals surface area contributed by atoms with Crippen LogP contribution in [-0.4, -0.2) is 5.90 Å². The molecule has 1 aliphatic heterocycles. The fourth-order valence-electron chi connectivity index (χ4n) is 3.08. The minimum Gasteiger partial charge on any atom is -0.461 e. The van der Waals surface area contributed by atoms with Crippen LogP contribution >= 0.6 is 15.9 Å². The normalized spacial score (nSPS) is 20.7. The van der Waals surface area contributed by atoms with Gasteiger partial charge < -0.3 is 4.74 Å². The Bertz CT molecular complexity index is 903. The Morgan fingerprint density at radius 2 is 1.50 bits per heavy atom. The van der Waals surface area contributed by atoms with Crippen molar-refractivity contribution in [3.05, 3.63) is 100 Å². The summed E-state index contributed by atoms with van der Waals surface area (Å²) < 4.78 is 7.41. The van der Waals surface area contributed by atoms with Crippen LogP contribution in [0.3, 0.4) is 0 Å². The Balaban J connectivity index is 1.83. The van der Waals surface area contributed by atoms with Crippen molar-refractivity contribution in [1.82, 2.24) is 0 Å². The first-order valence-electron chi connectivity index (χ1n) is 7.85. The second kappa shape index (κ2) is 5.91. The van der Waals surface area contributed by atoms with Crippen molar-refractivity contribution in [1.29, 1.82) is 0 Å². The van der Waals surface area contributed by atoms with E-state index in [4.69, 9.17) is 9.73 Å². The summed E-state index contributed by atoms with van der Waals surface area (Å²) in [5.74, 6) is 0.666. The van der Waals surface area contributed by atoms with E-state index < -0.39 is 5.60 Å². The Morgan fingerprint density at radius 3 is 2.25 bits per heavy atom. The van der Waals surface area contributed by atoms with Gasteiger partial charge in [0, 0.05) is 15.6 Å². The number of hydrogen-bond acceptors (Lipinski definition) is 2. The lowest BCUT2D eigenvalue weighted by Crippen LogP contribution is -2.23. The van der Waals surface area contributed by atoms with Gasteiger partial charge in [-0.2, -0.15) is 0 Å². The van der Waals surface area contributed by atoms with E-state index in [-0.39, 0.29) is 0 Å². The third-order valence-corrected chi connectivity index (χ3v) is 4.88. The van der Waals surface area contributed by atoms with Gasteiger partial charge in [-0.05, 0) is 42.8 Å². The molecule has 0 N–H and O–H groups in total. The van der Waals surface area contributed by atoms with Gasteiger partial charge in [0.1, 0.15) is 0 Å². The maximum absolute atomic E-state index is 6.38. The van der Waals surface area contributed by atoms with Gasteiger partial charge in [-0.25, -0.2) is 4.99 Å². The third-order valence-electron chi connectivity index (χ3n) is 4.35. The average molecular weight is 378 g/mol. The topological polar surface area (TPSA) is 21.6 Å². The predicted octanol–water partition coefficient (Wildman–Crippen LogP) is 5.82. The van der Waals surface area contributed by atoms with Crippen LogP contribution in [0.5, 0.6) is 0 Å². The molecular weight excluding hydrogens is 362 g/mol. The Morgan fingerprint density at radius 1 is 0.833 bits per heavy atom. The minimum atomic E-state index is -0.522. The summed E-state index contributed by atoms with van der Waals surface area (Å²) in [6.07, 6.45) is 0. The predicted molar refractivity (Wildman–Crippen MR) is 101 cm³/mol. The van der Waals surface area contributed by atoms with Crippen LogP contribution in [0.15, 0.2) is 88.3 Å². The second-order valence-corrected chi connectivity index (χ2v) is 6.86.